The highest BCUT2D eigenvalue weighted by Crippen LogP contribution is 2.19. The Morgan fingerprint density at radius 3 is 2.50 bits per heavy atom. The van der Waals surface area contributed by atoms with E-state index in [1.54, 1.807) is 12.1 Å². The van der Waals surface area contributed by atoms with Gasteiger partial charge in [0.05, 0.1) is 6.54 Å². The van der Waals surface area contributed by atoms with Gasteiger partial charge in [-0.1, -0.05) is 31.0 Å². The molecule has 5 nitrogen and oxygen atoms in total. The second-order valence-electron chi connectivity index (χ2n) is 6.22. The monoisotopic (exact) mass is 354 g/mol. The number of anilines is 1. The van der Waals surface area contributed by atoms with Gasteiger partial charge < -0.3 is 15.5 Å². The first-order chi connectivity index (χ1) is 11.3. The van der Waals surface area contributed by atoms with Crippen molar-refractivity contribution in [2.75, 3.05) is 25.0 Å². The van der Waals surface area contributed by atoms with Gasteiger partial charge in [-0.05, 0) is 44.9 Å². The summed E-state index contributed by atoms with van der Waals surface area (Å²) in [5, 5.41) is 6.43. The van der Waals surface area contributed by atoms with Crippen LogP contribution in [-0.4, -0.2) is 37.5 Å². The summed E-state index contributed by atoms with van der Waals surface area (Å²) >= 11 is 5.97. The van der Waals surface area contributed by atoms with Gasteiger partial charge in [-0.2, -0.15) is 0 Å². The van der Waals surface area contributed by atoms with Gasteiger partial charge in [-0.3, -0.25) is 9.59 Å². The number of likely N-dealkylation sites (N-methyl/N-ethyl adjacent to an activating group) is 1. The smallest absolute Gasteiger partial charge is 0.279 e. The number of hydrogen-bond donors (Lipinski definition) is 3. The first-order valence-electron chi connectivity index (χ1n) is 8.54. The van der Waals surface area contributed by atoms with Gasteiger partial charge in [0.15, 0.2) is 13.1 Å². The molecule has 0 aromatic heterocycles. The molecule has 1 unspecified atom stereocenters. The van der Waals surface area contributed by atoms with Crippen molar-refractivity contribution in [1.82, 2.24) is 5.32 Å². The Bertz CT molecular complexity index is 563. The highest BCUT2D eigenvalue weighted by molar-refractivity contribution is 6.31. The Balaban J connectivity index is 2.53. The summed E-state index contributed by atoms with van der Waals surface area (Å²) in [5.41, 5.74) is 1.67. The lowest BCUT2D eigenvalue weighted by Gasteiger charge is -2.19. The van der Waals surface area contributed by atoms with Crippen molar-refractivity contribution in [2.24, 2.45) is 0 Å². The molecule has 2 amide bonds. The van der Waals surface area contributed by atoms with Gasteiger partial charge in [-0.25, -0.2) is 0 Å². The van der Waals surface area contributed by atoms with Crippen LogP contribution >= 0.6 is 11.6 Å². The summed E-state index contributed by atoms with van der Waals surface area (Å²) in [4.78, 5) is 25.2. The third-order valence-electron chi connectivity index (χ3n) is 3.92. The van der Waals surface area contributed by atoms with Crippen LogP contribution in [0.4, 0.5) is 5.69 Å². The Hall–Kier alpha value is -1.59. The average molecular weight is 355 g/mol. The van der Waals surface area contributed by atoms with E-state index in [1.807, 2.05) is 26.8 Å². The molecule has 0 aliphatic carbocycles. The highest BCUT2D eigenvalue weighted by Gasteiger charge is 2.18. The van der Waals surface area contributed by atoms with E-state index in [4.69, 9.17) is 11.6 Å². The maximum atomic E-state index is 12.2. The normalized spacial score (nSPS) is 13.2. The molecular weight excluding hydrogens is 326 g/mol. The van der Waals surface area contributed by atoms with Crippen molar-refractivity contribution in [2.45, 2.75) is 46.6 Å². The van der Waals surface area contributed by atoms with Crippen molar-refractivity contribution in [3.8, 4) is 0 Å². The van der Waals surface area contributed by atoms with Gasteiger partial charge in [-0.15, -0.1) is 0 Å². The molecule has 6 heteroatoms. The Morgan fingerprint density at radius 1 is 1.21 bits per heavy atom. The molecule has 0 fully saturated rings. The third kappa shape index (κ3) is 7.32. The number of amides is 2. The van der Waals surface area contributed by atoms with Crippen LogP contribution in [0.25, 0.3) is 0 Å². The molecule has 0 bridgehead atoms. The zero-order valence-electron chi connectivity index (χ0n) is 15.0. The van der Waals surface area contributed by atoms with E-state index in [9.17, 15) is 9.59 Å². The highest BCUT2D eigenvalue weighted by atomic mass is 35.5. The zero-order valence-corrected chi connectivity index (χ0v) is 15.8. The van der Waals surface area contributed by atoms with Crippen molar-refractivity contribution >= 4 is 29.1 Å². The summed E-state index contributed by atoms with van der Waals surface area (Å²) in [6.07, 6.45) is 1.99. The van der Waals surface area contributed by atoms with E-state index in [1.165, 1.54) is 0 Å². The van der Waals surface area contributed by atoms with Gasteiger partial charge in [0.25, 0.3) is 11.8 Å². The van der Waals surface area contributed by atoms with E-state index in [2.05, 4.69) is 17.6 Å². The van der Waals surface area contributed by atoms with Crippen LogP contribution < -0.4 is 15.5 Å². The minimum Gasteiger partial charge on any atom is -0.349 e. The van der Waals surface area contributed by atoms with E-state index < -0.39 is 0 Å². The Morgan fingerprint density at radius 2 is 1.88 bits per heavy atom. The minimum atomic E-state index is -0.119. The van der Waals surface area contributed by atoms with Crippen LogP contribution in [-0.2, 0) is 9.59 Å². The fourth-order valence-corrected chi connectivity index (χ4v) is 2.69. The summed E-state index contributed by atoms with van der Waals surface area (Å²) < 4.78 is 0. The van der Waals surface area contributed by atoms with Crippen molar-refractivity contribution < 1.29 is 14.5 Å². The number of rotatable bonds is 9. The topological polar surface area (TPSA) is 62.6 Å². The molecule has 0 radical (unpaired) electrons. The lowest BCUT2D eigenvalue weighted by Crippen LogP contribution is -3.14. The lowest BCUT2D eigenvalue weighted by molar-refractivity contribution is -0.881. The van der Waals surface area contributed by atoms with Gasteiger partial charge in [0.1, 0.15) is 0 Å². The molecule has 134 valence electrons. The van der Waals surface area contributed by atoms with Crippen LogP contribution in [0.1, 0.15) is 39.2 Å². The van der Waals surface area contributed by atoms with Gasteiger partial charge >= 0.3 is 0 Å². The number of nitrogens with one attached hydrogen (secondary N) is 3. The Kier molecular flexibility index (Phi) is 8.79. The summed E-state index contributed by atoms with van der Waals surface area (Å²) in [7, 11) is 0. The molecule has 0 saturated carbocycles. The molecule has 0 aliphatic rings. The second kappa shape index (κ2) is 10.3. The predicted molar refractivity (Wildman–Crippen MR) is 98.6 cm³/mol. The molecule has 1 aromatic rings. The average Bonchev–Trinajstić information content (AvgIpc) is 2.50. The molecule has 0 aliphatic heterocycles. The van der Waals surface area contributed by atoms with Crippen LogP contribution in [0.5, 0.6) is 0 Å². The molecule has 1 aromatic carbocycles. The van der Waals surface area contributed by atoms with Crippen LogP contribution in [0, 0.1) is 6.92 Å². The molecule has 0 heterocycles. The number of aryl methyl sites for hydroxylation is 1. The number of carbonyl (C=O) groups excluding carboxylic acids is 2. The summed E-state index contributed by atoms with van der Waals surface area (Å²) in [6.45, 7) is 9.23. The second-order valence-corrected chi connectivity index (χ2v) is 6.66. The van der Waals surface area contributed by atoms with E-state index >= 15 is 0 Å². The number of quaternary nitrogens is 1. The molecule has 1 rings (SSSR count). The number of halogens is 1. The number of benzene rings is 1. The molecule has 0 saturated heterocycles. The quantitative estimate of drug-likeness (QED) is 0.633. The zero-order chi connectivity index (χ0) is 18.1. The van der Waals surface area contributed by atoms with Crippen molar-refractivity contribution in [3.05, 3.63) is 28.8 Å². The minimum absolute atomic E-state index is 0.0143. The standard InChI is InChI=1S/C18H28ClN3O2/c1-5-7-14(4)20-17(23)11-22(6-2)12-18(24)21-16-10-15(19)9-8-13(16)3/h8-10,14H,5-7,11-12H2,1-4H3,(H,20,23)(H,21,24)/p+1/t14-/m1/s1. The van der Waals surface area contributed by atoms with Crippen LogP contribution in [0.15, 0.2) is 18.2 Å². The fraction of sp³-hybridized carbons (Fsp3) is 0.556. The SMILES string of the molecule is CCC[C@@H](C)NC(=O)C[NH+](CC)CC(=O)Nc1cc(Cl)ccc1C. The van der Waals surface area contributed by atoms with Crippen LogP contribution in [0.3, 0.4) is 0 Å². The predicted octanol–water partition coefficient (Wildman–Crippen LogP) is 1.80. The molecule has 0 spiro atoms. The fourth-order valence-electron chi connectivity index (χ4n) is 2.52. The van der Waals surface area contributed by atoms with Gasteiger partial charge in [0.2, 0.25) is 0 Å². The summed E-state index contributed by atoms with van der Waals surface area (Å²) in [5.74, 6) is -0.133. The number of carbonyl (C=O) groups is 2. The van der Waals surface area contributed by atoms with Crippen molar-refractivity contribution in [3.63, 3.8) is 0 Å². The first kappa shape index (κ1) is 20.5. The Labute approximate surface area is 149 Å². The largest absolute Gasteiger partial charge is 0.349 e. The molecular formula is C18H29ClN3O2+. The molecule has 3 N–H and O–H groups in total. The molecule has 24 heavy (non-hydrogen) atoms. The van der Waals surface area contributed by atoms with Crippen molar-refractivity contribution in [1.29, 1.82) is 0 Å². The third-order valence-corrected chi connectivity index (χ3v) is 4.16. The van der Waals surface area contributed by atoms with E-state index in [-0.39, 0.29) is 24.4 Å². The maximum absolute atomic E-state index is 12.2. The molecule has 2 atom stereocenters. The van der Waals surface area contributed by atoms with E-state index in [0.717, 1.165) is 23.3 Å². The van der Waals surface area contributed by atoms with Crippen LogP contribution in [0.2, 0.25) is 5.02 Å². The van der Waals surface area contributed by atoms with E-state index in [0.29, 0.717) is 23.8 Å². The first-order valence-corrected chi connectivity index (χ1v) is 8.92. The summed E-state index contributed by atoms with van der Waals surface area (Å²) in [6, 6.07) is 5.56. The number of hydrogen-bond acceptors (Lipinski definition) is 2. The van der Waals surface area contributed by atoms with Gasteiger partial charge in [0, 0.05) is 16.8 Å². The lowest BCUT2D eigenvalue weighted by atomic mass is 10.2. The maximum Gasteiger partial charge on any atom is 0.279 e.